The van der Waals surface area contributed by atoms with Crippen molar-refractivity contribution in [2.75, 3.05) is 59.0 Å². The van der Waals surface area contributed by atoms with Crippen LogP contribution in [0.2, 0.25) is 0 Å². The Bertz CT molecular complexity index is 2060. The Labute approximate surface area is 368 Å². The van der Waals surface area contributed by atoms with E-state index in [9.17, 15) is 4.79 Å². The van der Waals surface area contributed by atoms with Crippen molar-refractivity contribution in [2.45, 2.75) is 96.8 Å². The topological polar surface area (TPSA) is 95.1 Å². The number of benzene rings is 2. The maximum atomic E-state index is 12.6. The fraction of sp³-hybridized carbons (Fsp3) is 0.511. The molecule has 2 fully saturated rings. The third kappa shape index (κ3) is 11.5. The number of fused-ring (bicyclic) bond motifs is 2. The number of nitrogens with one attached hydrogen (secondary N) is 2. The normalized spacial score (nSPS) is 19.1. The second kappa shape index (κ2) is 21.3. The van der Waals surface area contributed by atoms with Crippen LogP contribution in [0.15, 0.2) is 66.0 Å². The van der Waals surface area contributed by atoms with E-state index < -0.39 is 0 Å². The van der Waals surface area contributed by atoms with Gasteiger partial charge in [-0.1, -0.05) is 6.07 Å². The lowest BCUT2D eigenvalue weighted by Crippen LogP contribution is -2.43. The number of thiazole rings is 2. The number of thiophene rings is 1. The molecule has 7 heterocycles. The van der Waals surface area contributed by atoms with Crippen molar-refractivity contribution in [1.29, 1.82) is 0 Å². The number of hydrogen-bond donors (Lipinski definition) is 2. The van der Waals surface area contributed by atoms with Gasteiger partial charge in [0, 0.05) is 90.0 Å². The summed E-state index contributed by atoms with van der Waals surface area (Å²) in [4.78, 5) is 33.2. The fourth-order valence-electron chi connectivity index (χ4n) is 8.55. The summed E-state index contributed by atoms with van der Waals surface area (Å²) in [5, 5.41) is 10.7. The van der Waals surface area contributed by atoms with Crippen molar-refractivity contribution < 1.29 is 14.3 Å². The van der Waals surface area contributed by atoms with E-state index in [-0.39, 0.29) is 6.03 Å². The molecule has 4 aliphatic rings. The zero-order valence-corrected chi connectivity index (χ0v) is 37.8. The Balaban J connectivity index is 0.000000176. The van der Waals surface area contributed by atoms with Crippen LogP contribution < -0.4 is 20.1 Å². The second-order valence-electron chi connectivity index (χ2n) is 16.4. The number of carbonyl (C=O) groups is 1. The molecule has 5 aromatic rings. The minimum Gasteiger partial charge on any atom is -0.494 e. The van der Waals surface area contributed by atoms with Gasteiger partial charge in [-0.05, 0) is 132 Å². The lowest BCUT2D eigenvalue weighted by Gasteiger charge is -2.26. The number of carbonyl (C=O) groups excluding carboxylic acids is 1. The molecule has 2 amide bonds. The Hall–Kier alpha value is -3.85. The van der Waals surface area contributed by atoms with Crippen molar-refractivity contribution in [3.8, 4) is 32.6 Å². The highest BCUT2D eigenvalue weighted by molar-refractivity contribution is 7.15. The van der Waals surface area contributed by atoms with Crippen LogP contribution in [0.3, 0.4) is 0 Å². The van der Waals surface area contributed by atoms with Gasteiger partial charge in [0.15, 0.2) is 0 Å². The molecule has 4 aliphatic heterocycles. The molecule has 3 aromatic heterocycles. The average molecular weight is 868 g/mol. The molecule has 0 aliphatic carbocycles. The van der Waals surface area contributed by atoms with Gasteiger partial charge >= 0.3 is 6.03 Å². The molecule has 10 nitrogen and oxygen atoms in total. The first-order chi connectivity index (χ1) is 29.4. The second-order valence-corrected chi connectivity index (χ2v) is 19.6. The van der Waals surface area contributed by atoms with Crippen LogP contribution in [0.25, 0.3) is 21.1 Å². The van der Waals surface area contributed by atoms with Crippen LogP contribution in [-0.2, 0) is 32.4 Å². The standard InChI is InChI=1S/C27H34N4O2S2.C20H27N3OS/c1-20-5-2-14-30(20)15-4-17-33-22-9-7-21(8-10-22)26-29-24-12-16-31(19-25(24)35-26)27(32)28-13-11-23-6-3-18-34-23;1-15-4-2-11-23(15)12-3-13-24-17-7-5-16(6-8-17)20-22-18-9-10-21-14-19(18)25-20/h3,6-10,18,20H,2,4-5,11-17,19H2,1H3,(H,28,32);5-8,15,21H,2-4,9-14H2,1H3. The van der Waals surface area contributed by atoms with E-state index in [4.69, 9.17) is 19.4 Å². The van der Waals surface area contributed by atoms with Crippen LogP contribution in [0, 0.1) is 0 Å². The quantitative estimate of drug-likeness (QED) is 0.101. The summed E-state index contributed by atoms with van der Waals surface area (Å²) in [5.74, 6) is 1.87. The SMILES string of the molecule is CC1CCCN1CCCOc1ccc(-c2nc3c(s2)CN(C(=O)NCCc2cccs2)CC3)cc1.CC1CCCN1CCCOc1ccc(-c2nc3c(s2)CNCC3)cc1. The summed E-state index contributed by atoms with van der Waals surface area (Å²) in [6.45, 7) is 15.0. The maximum absolute atomic E-state index is 12.6. The van der Waals surface area contributed by atoms with Crippen LogP contribution >= 0.6 is 34.0 Å². The molecule has 2 atom stereocenters. The highest BCUT2D eigenvalue weighted by Gasteiger charge is 2.25. The Morgan fingerprint density at radius 2 is 1.38 bits per heavy atom. The molecule has 320 valence electrons. The Morgan fingerprint density at radius 3 is 1.93 bits per heavy atom. The zero-order valence-electron chi connectivity index (χ0n) is 35.3. The zero-order chi connectivity index (χ0) is 41.1. The minimum atomic E-state index is 0.0165. The lowest BCUT2D eigenvalue weighted by molar-refractivity contribution is 0.193. The first kappa shape index (κ1) is 42.8. The molecule has 2 N–H and O–H groups in total. The van der Waals surface area contributed by atoms with Crippen molar-refractivity contribution in [3.05, 3.63) is 92.1 Å². The third-order valence-electron chi connectivity index (χ3n) is 12.1. The minimum absolute atomic E-state index is 0.0165. The molecular weight excluding hydrogens is 807 g/mol. The number of rotatable bonds is 15. The van der Waals surface area contributed by atoms with Crippen molar-refractivity contribution in [3.63, 3.8) is 0 Å². The molecule has 13 heteroatoms. The summed E-state index contributed by atoms with van der Waals surface area (Å²) in [5.41, 5.74) is 4.70. The van der Waals surface area contributed by atoms with Gasteiger partial charge in [0.2, 0.25) is 0 Å². The van der Waals surface area contributed by atoms with Gasteiger partial charge < -0.3 is 34.8 Å². The summed E-state index contributed by atoms with van der Waals surface area (Å²) in [6.07, 6.45) is 10.2. The average Bonchev–Trinajstić information content (AvgIpc) is 4.14. The molecule has 0 spiro atoms. The number of ether oxygens (including phenoxy) is 2. The number of likely N-dealkylation sites (tertiary alicyclic amines) is 2. The molecule has 2 aromatic carbocycles. The van der Waals surface area contributed by atoms with Gasteiger partial charge in [-0.15, -0.1) is 34.0 Å². The number of aromatic nitrogens is 2. The highest BCUT2D eigenvalue weighted by atomic mass is 32.1. The van der Waals surface area contributed by atoms with E-state index in [1.807, 2.05) is 34.4 Å². The smallest absolute Gasteiger partial charge is 0.317 e. The molecular formula is C47H61N7O3S3. The maximum Gasteiger partial charge on any atom is 0.317 e. The van der Waals surface area contributed by atoms with Crippen molar-refractivity contribution >= 4 is 40.0 Å². The van der Waals surface area contributed by atoms with Gasteiger partial charge in [0.05, 0.1) is 31.1 Å². The van der Waals surface area contributed by atoms with Gasteiger partial charge in [-0.3, -0.25) is 0 Å². The van der Waals surface area contributed by atoms with Crippen molar-refractivity contribution in [1.82, 2.24) is 35.3 Å². The summed E-state index contributed by atoms with van der Waals surface area (Å²) >= 11 is 5.24. The predicted octanol–water partition coefficient (Wildman–Crippen LogP) is 9.14. The molecule has 60 heavy (non-hydrogen) atoms. The summed E-state index contributed by atoms with van der Waals surface area (Å²) < 4.78 is 11.9. The van der Waals surface area contributed by atoms with Gasteiger partial charge in [0.25, 0.3) is 0 Å². The number of urea groups is 1. The monoisotopic (exact) mass is 867 g/mol. The number of amides is 2. The lowest BCUT2D eigenvalue weighted by atomic mass is 10.2. The van der Waals surface area contributed by atoms with Gasteiger partial charge in [0.1, 0.15) is 21.5 Å². The number of nitrogens with zero attached hydrogens (tertiary/aromatic N) is 5. The number of hydrogen-bond acceptors (Lipinski definition) is 11. The van der Waals surface area contributed by atoms with E-state index in [1.54, 1.807) is 22.7 Å². The van der Waals surface area contributed by atoms with E-state index in [0.717, 1.165) is 116 Å². The Morgan fingerprint density at radius 1 is 0.783 bits per heavy atom. The highest BCUT2D eigenvalue weighted by Crippen LogP contribution is 2.33. The molecule has 9 rings (SSSR count). The van der Waals surface area contributed by atoms with Crippen LogP contribution in [-0.4, -0.2) is 102 Å². The predicted molar refractivity (Wildman–Crippen MR) is 247 cm³/mol. The van der Waals surface area contributed by atoms with E-state index in [0.29, 0.717) is 19.6 Å². The van der Waals surface area contributed by atoms with E-state index in [1.165, 1.54) is 64.7 Å². The summed E-state index contributed by atoms with van der Waals surface area (Å²) in [6, 6.07) is 22.3. The van der Waals surface area contributed by atoms with Crippen molar-refractivity contribution in [2.24, 2.45) is 0 Å². The van der Waals surface area contributed by atoms with E-state index in [2.05, 4.69) is 82.1 Å². The Kier molecular flexibility index (Phi) is 15.2. The fourth-order valence-corrected chi connectivity index (χ4v) is 11.5. The molecule has 2 saturated heterocycles. The van der Waals surface area contributed by atoms with Gasteiger partial charge in [-0.25, -0.2) is 14.8 Å². The van der Waals surface area contributed by atoms with Gasteiger partial charge in [-0.2, -0.15) is 0 Å². The molecule has 0 saturated carbocycles. The van der Waals surface area contributed by atoms with Crippen LogP contribution in [0.4, 0.5) is 4.79 Å². The van der Waals surface area contributed by atoms with Crippen LogP contribution in [0.5, 0.6) is 11.5 Å². The van der Waals surface area contributed by atoms with Crippen LogP contribution in [0.1, 0.15) is 78.4 Å². The first-order valence-electron chi connectivity index (χ1n) is 22.1. The molecule has 0 radical (unpaired) electrons. The molecule has 2 unspecified atom stereocenters. The third-order valence-corrected chi connectivity index (χ3v) is 15.4. The first-order valence-corrected chi connectivity index (χ1v) is 24.6. The summed E-state index contributed by atoms with van der Waals surface area (Å²) in [7, 11) is 0. The van der Waals surface area contributed by atoms with E-state index >= 15 is 0 Å². The largest absolute Gasteiger partial charge is 0.494 e. The molecule has 0 bridgehead atoms.